The first kappa shape index (κ1) is 23.2. The summed E-state index contributed by atoms with van der Waals surface area (Å²) in [6.07, 6.45) is 4.45. The third-order valence-corrected chi connectivity index (χ3v) is 4.78. The smallest absolute Gasteiger partial charge is 0.213 e. The predicted octanol–water partition coefficient (Wildman–Crippen LogP) is 3.38. The number of aromatic nitrogens is 1. The second-order valence-corrected chi connectivity index (χ2v) is 8.23. The number of rotatable bonds is 6. The van der Waals surface area contributed by atoms with Crippen LogP contribution in [0.4, 0.5) is 0 Å². The Hall–Kier alpha value is -0.830. The molecule has 6 nitrogen and oxygen atoms in total. The molecule has 1 unspecified atom stereocenters. The van der Waals surface area contributed by atoms with Gasteiger partial charge in [-0.15, -0.1) is 24.0 Å². The van der Waals surface area contributed by atoms with E-state index in [1.807, 2.05) is 6.20 Å². The lowest BCUT2D eigenvalue weighted by Crippen LogP contribution is -2.48. The second-order valence-electron chi connectivity index (χ2n) is 8.23. The molecule has 150 valence electrons. The highest BCUT2D eigenvalue weighted by Gasteiger charge is 2.24. The summed E-state index contributed by atoms with van der Waals surface area (Å²) >= 11 is 0. The van der Waals surface area contributed by atoms with E-state index in [1.165, 1.54) is 25.9 Å². The molecule has 1 saturated heterocycles. The van der Waals surface area contributed by atoms with Crippen LogP contribution in [0, 0.1) is 5.92 Å². The quantitative estimate of drug-likeness (QED) is 0.374. The minimum absolute atomic E-state index is 0. The first-order valence-corrected chi connectivity index (χ1v) is 9.45. The van der Waals surface area contributed by atoms with Gasteiger partial charge in [-0.05, 0) is 31.8 Å². The number of nitrogens with zero attached hydrogens (tertiary/aromatic N) is 3. The number of halogens is 1. The molecule has 0 aromatic carbocycles. The molecule has 0 spiro atoms. The van der Waals surface area contributed by atoms with Crippen molar-refractivity contribution in [3.05, 3.63) is 17.8 Å². The molecular formula is C19H36IN5O. The Bertz CT molecular complexity index is 559. The number of hydrogen-bond acceptors (Lipinski definition) is 4. The third-order valence-electron chi connectivity index (χ3n) is 4.78. The zero-order chi connectivity index (χ0) is 18.4. The Morgan fingerprint density at radius 1 is 1.27 bits per heavy atom. The molecule has 26 heavy (non-hydrogen) atoms. The molecule has 1 aromatic rings. The summed E-state index contributed by atoms with van der Waals surface area (Å²) in [5.41, 5.74) is -0.0224. The zero-order valence-corrected chi connectivity index (χ0v) is 19.5. The van der Waals surface area contributed by atoms with Gasteiger partial charge in [0.1, 0.15) is 5.76 Å². The first-order valence-electron chi connectivity index (χ1n) is 9.45. The Morgan fingerprint density at radius 3 is 2.42 bits per heavy atom. The van der Waals surface area contributed by atoms with Crippen molar-refractivity contribution in [3.63, 3.8) is 0 Å². The number of nitrogens with one attached hydrogen (secondary N) is 2. The van der Waals surface area contributed by atoms with Crippen molar-refractivity contribution in [1.82, 2.24) is 20.5 Å². The van der Waals surface area contributed by atoms with Gasteiger partial charge in [-0.1, -0.05) is 34.6 Å². The summed E-state index contributed by atoms with van der Waals surface area (Å²) in [7, 11) is 1.80. The first-order chi connectivity index (χ1) is 11.8. The number of guanidine groups is 1. The van der Waals surface area contributed by atoms with Gasteiger partial charge in [-0.2, -0.15) is 0 Å². The number of aliphatic imine (C=N–C) groups is 1. The molecule has 0 amide bonds. The molecule has 1 aliphatic heterocycles. The van der Waals surface area contributed by atoms with E-state index in [0.717, 1.165) is 18.3 Å². The minimum atomic E-state index is -0.0224. The normalized spacial score (nSPS) is 17.3. The maximum atomic E-state index is 5.82. The molecule has 0 radical (unpaired) electrons. The zero-order valence-electron chi connectivity index (χ0n) is 17.1. The fourth-order valence-corrected chi connectivity index (χ4v) is 3.18. The topological polar surface area (TPSA) is 65.7 Å². The van der Waals surface area contributed by atoms with Crippen molar-refractivity contribution in [1.29, 1.82) is 0 Å². The molecule has 0 saturated carbocycles. The van der Waals surface area contributed by atoms with Gasteiger partial charge in [0.25, 0.3) is 0 Å². The van der Waals surface area contributed by atoms with E-state index < -0.39 is 0 Å². The highest BCUT2D eigenvalue weighted by Crippen LogP contribution is 2.22. The van der Waals surface area contributed by atoms with Crippen LogP contribution in [0.15, 0.2) is 15.6 Å². The largest absolute Gasteiger partial charge is 0.443 e. The lowest BCUT2D eigenvalue weighted by Gasteiger charge is -2.31. The predicted molar refractivity (Wildman–Crippen MR) is 118 cm³/mol. The lowest BCUT2D eigenvalue weighted by atomic mass is 9.94. The highest BCUT2D eigenvalue weighted by atomic mass is 127. The molecule has 2 N–H and O–H groups in total. The van der Waals surface area contributed by atoms with Crippen LogP contribution in [0.2, 0.25) is 0 Å². The Balaban J connectivity index is 0.00000338. The Kier molecular flexibility index (Phi) is 9.36. The van der Waals surface area contributed by atoms with Crippen molar-refractivity contribution in [3.8, 4) is 0 Å². The fourth-order valence-electron chi connectivity index (χ4n) is 3.18. The molecular weight excluding hydrogens is 441 g/mol. The summed E-state index contributed by atoms with van der Waals surface area (Å²) in [5.74, 6) is 3.00. The molecule has 2 rings (SSSR count). The molecule has 0 aliphatic carbocycles. The van der Waals surface area contributed by atoms with Crippen LogP contribution in [-0.2, 0) is 12.0 Å². The molecule has 2 heterocycles. The van der Waals surface area contributed by atoms with Crippen LogP contribution < -0.4 is 10.6 Å². The summed E-state index contributed by atoms with van der Waals surface area (Å²) in [5, 5.41) is 6.76. The van der Waals surface area contributed by atoms with Gasteiger partial charge >= 0.3 is 0 Å². The highest BCUT2D eigenvalue weighted by molar-refractivity contribution is 14.0. The van der Waals surface area contributed by atoms with E-state index in [2.05, 4.69) is 60.1 Å². The summed E-state index contributed by atoms with van der Waals surface area (Å²) in [4.78, 5) is 11.3. The van der Waals surface area contributed by atoms with Gasteiger partial charge in [0.05, 0.1) is 12.7 Å². The van der Waals surface area contributed by atoms with Crippen LogP contribution in [0.1, 0.15) is 59.1 Å². The van der Waals surface area contributed by atoms with Gasteiger partial charge in [0.2, 0.25) is 5.89 Å². The average molecular weight is 477 g/mol. The Labute approximate surface area is 175 Å². The van der Waals surface area contributed by atoms with E-state index in [9.17, 15) is 0 Å². The van der Waals surface area contributed by atoms with Crippen molar-refractivity contribution in [2.75, 3.05) is 26.7 Å². The Morgan fingerprint density at radius 2 is 1.92 bits per heavy atom. The van der Waals surface area contributed by atoms with E-state index in [4.69, 9.17) is 4.42 Å². The molecule has 1 fully saturated rings. The van der Waals surface area contributed by atoms with Gasteiger partial charge in [0, 0.05) is 25.0 Å². The van der Waals surface area contributed by atoms with Crippen LogP contribution in [0.25, 0.3) is 0 Å². The van der Waals surface area contributed by atoms with Crippen molar-refractivity contribution < 1.29 is 4.42 Å². The second kappa shape index (κ2) is 10.5. The number of oxazole rings is 1. The summed E-state index contributed by atoms with van der Waals surface area (Å²) in [6, 6.07) is 0.537. The maximum Gasteiger partial charge on any atom is 0.213 e. The van der Waals surface area contributed by atoms with Crippen molar-refractivity contribution in [2.24, 2.45) is 10.9 Å². The van der Waals surface area contributed by atoms with Gasteiger partial charge < -0.3 is 15.1 Å². The third kappa shape index (κ3) is 6.72. The van der Waals surface area contributed by atoms with Crippen LogP contribution >= 0.6 is 24.0 Å². The van der Waals surface area contributed by atoms with Crippen molar-refractivity contribution >= 4 is 29.9 Å². The lowest BCUT2D eigenvalue weighted by molar-refractivity contribution is 0.192. The van der Waals surface area contributed by atoms with E-state index in [0.29, 0.717) is 24.4 Å². The van der Waals surface area contributed by atoms with Crippen LogP contribution in [0.3, 0.4) is 0 Å². The standard InChI is InChI=1S/C19H35N5O.HI/c1-14(2)15(24-9-7-8-10-24)11-22-18(20-6)23-13-17-21-12-16(25-17)19(3,4)5;/h12,14-15H,7-11,13H2,1-6H3,(H2,20,22,23);1H. The number of likely N-dealkylation sites (tertiary alicyclic amines) is 1. The molecule has 0 bridgehead atoms. The van der Waals surface area contributed by atoms with E-state index >= 15 is 0 Å². The van der Waals surface area contributed by atoms with Gasteiger partial charge in [-0.25, -0.2) is 4.98 Å². The van der Waals surface area contributed by atoms with E-state index in [-0.39, 0.29) is 29.4 Å². The maximum absolute atomic E-state index is 5.82. The molecule has 1 aromatic heterocycles. The van der Waals surface area contributed by atoms with Gasteiger partial charge in [0.15, 0.2) is 5.96 Å². The number of hydrogen-bond donors (Lipinski definition) is 2. The van der Waals surface area contributed by atoms with Crippen molar-refractivity contribution in [2.45, 2.75) is 65.5 Å². The minimum Gasteiger partial charge on any atom is -0.443 e. The van der Waals surface area contributed by atoms with Gasteiger partial charge in [-0.3, -0.25) is 9.89 Å². The SMILES string of the molecule is CN=C(NCc1ncc(C(C)(C)C)o1)NCC(C(C)C)N1CCCC1.I. The molecule has 7 heteroatoms. The van der Waals surface area contributed by atoms with Crippen LogP contribution in [0.5, 0.6) is 0 Å². The monoisotopic (exact) mass is 477 g/mol. The molecule has 1 atom stereocenters. The summed E-state index contributed by atoms with van der Waals surface area (Å²) < 4.78 is 5.82. The van der Waals surface area contributed by atoms with E-state index in [1.54, 1.807) is 7.05 Å². The van der Waals surface area contributed by atoms with Crippen LogP contribution in [-0.4, -0.2) is 48.6 Å². The average Bonchev–Trinajstić information content (AvgIpc) is 3.21. The molecule has 1 aliphatic rings. The summed E-state index contributed by atoms with van der Waals surface area (Å²) in [6.45, 7) is 14.8. The fraction of sp³-hybridized carbons (Fsp3) is 0.789.